The summed E-state index contributed by atoms with van der Waals surface area (Å²) in [6, 6.07) is 10.2. The van der Waals surface area contributed by atoms with Crippen molar-refractivity contribution in [3.05, 3.63) is 67.7 Å². The van der Waals surface area contributed by atoms with E-state index >= 15 is 0 Å². The van der Waals surface area contributed by atoms with Crippen molar-refractivity contribution in [2.75, 3.05) is 11.1 Å². The van der Waals surface area contributed by atoms with Gasteiger partial charge < -0.3 is 14.6 Å². The number of nitrogens with one attached hydrogen (secondary N) is 1. The zero-order valence-electron chi connectivity index (χ0n) is 19.0. The van der Waals surface area contributed by atoms with Crippen LogP contribution in [0.2, 0.25) is 20.1 Å². The Labute approximate surface area is 236 Å². The van der Waals surface area contributed by atoms with Gasteiger partial charge in [-0.2, -0.15) is 0 Å². The van der Waals surface area contributed by atoms with Crippen LogP contribution in [0.15, 0.2) is 46.9 Å². The molecule has 0 saturated carbocycles. The lowest BCUT2D eigenvalue weighted by Gasteiger charge is -2.16. The number of carbonyl (C=O) groups is 1. The van der Waals surface area contributed by atoms with E-state index in [-0.39, 0.29) is 11.7 Å². The molecule has 0 radical (unpaired) electrons. The van der Waals surface area contributed by atoms with Gasteiger partial charge in [-0.3, -0.25) is 4.79 Å². The number of halogens is 4. The Kier molecular flexibility index (Phi) is 9.03. The van der Waals surface area contributed by atoms with Gasteiger partial charge in [-0.1, -0.05) is 58.2 Å². The molecule has 1 N–H and O–H groups in total. The maximum Gasteiger partial charge on any atom is 0.236 e. The molecule has 2 heterocycles. The van der Waals surface area contributed by atoms with Crippen molar-refractivity contribution in [1.82, 2.24) is 19.7 Å². The molecule has 1 amide bonds. The van der Waals surface area contributed by atoms with Crippen molar-refractivity contribution >= 4 is 80.5 Å². The van der Waals surface area contributed by atoms with Gasteiger partial charge in [-0.15, -0.1) is 21.5 Å². The molecule has 0 aliphatic heterocycles. The van der Waals surface area contributed by atoms with Crippen LogP contribution in [0.5, 0.6) is 5.75 Å². The van der Waals surface area contributed by atoms with Crippen molar-refractivity contribution < 1.29 is 9.53 Å². The molecule has 1 atom stereocenters. The van der Waals surface area contributed by atoms with Gasteiger partial charge in [0, 0.05) is 33.6 Å². The molecular formula is C23H19Cl4N5O2S2. The first-order chi connectivity index (χ1) is 17.2. The highest BCUT2D eigenvalue weighted by Gasteiger charge is 2.21. The lowest BCUT2D eigenvalue weighted by atomic mass is 10.2. The van der Waals surface area contributed by atoms with Crippen LogP contribution >= 0.6 is 69.5 Å². The van der Waals surface area contributed by atoms with E-state index < -0.39 is 6.10 Å². The minimum atomic E-state index is -0.440. The number of ether oxygens (including phenoxy) is 1. The van der Waals surface area contributed by atoms with E-state index in [0.29, 0.717) is 54.2 Å². The molecule has 2 aromatic heterocycles. The first-order valence-electron chi connectivity index (χ1n) is 10.6. The quantitative estimate of drug-likeness (QED) is 0.196. The number of anilines is 1. The van der Waals surface area contributed by atoms with Crippen molar-refractivity contribution in [1.29, 1.82) is 0 Å². The molecule has 0 fully saturated rings. The maximum absolute atomic E-state index is 12.6. The average Bonchev–Trinajstić information content (AvgIpc) is 3.46. The van der Waals surface area contributed by atoms with E-state index in [0.717, 1.165) is 5.56 Å². The summed E-state index contributed by atoms with van der Waals surface area (Å²) in [4.78, 5) is 17.0. The van der Waals surface area contributed by atoms with Gasteiger partial charge in [0.15, 0.2) is 22.2 Å². The molecule has 1 unspecified atom stereocenters. The monoisotopic (exact) mass is 601 g/mol. The van der Waals surface area contributed by atoms with Crippen molar-refractivity contribution in [3.63, 3.8) is 0 Å². The number of hydrogen-bond acceptors (Lipinski definition) is 7. The highest BCUT2D eigenvalue weighted by atomic mass is 35.5. The minimum absolute atomic E-state index is 0.129. The van der Waals surface area contributed by atoms with E-state index in [1.54, 1.807) is 36.4 Å². The molecule has 0 aliphatic carbocycles. The van der Waals surface area contributed by atoms with E-state index in [1.807, 2.05) is 23.8 Å². The van der Waals surface area contributed by atoms with Crippen LogP contribution in [0.3, 0.4) is 0 Å². The lowest BCUT2D eigenvalue weighted by molar-refractivity contribution is -0.113. The van der Waals surface area contributed by atoms with Gasteiger partial charge in [-0.05, 0) is 44.2 Å². The zero-order chi connectivity index (χ0) is 25.8. The summed E-state index contributed by atoms with van der Waals surface area (Å²) in [7, 11) is 0. The van der Waals surface area contributed by atoms with Crippen LogP contribution in [0.4, 0.5) is 5.13 Å². The van der Waals surface area contributed by atoms with E-state index in [2.05, 4.69) is 20.5 Å². The molecule has 7 nitrogen and oxygen atoms in total. The summed E-state index contributed by atoms with van der Waals surface area (Å²) < 4.78 is 7.87. The smallest absolute Gasteiger partial charge is 0.236 e. The molecule has 4 rings (SSSR count). The highest BCUT2D eigenvalue weighted by molar-refractivity contribution is 7.99. The number of rotatable bonds is 9. The lowest BCUT2D eigenvalue weighted by Crippen LogP contribution is -2.15. The SMILES string of the molecule is CCn1c(SCC(=O)Nc2nc(-c3ccc(Cl)cc3Cl)cs2)nnc1C(C)Oc1cc(Cl)ccc1Cl. The number of benzene rings is 2. The van der Waals surface area contributed by atoms with Gasteiger partial charge >= 0.3 is 0 Å². The van der Waals surface area contributed by atoms with Gasteiger partial charge in [0.25, 0.3) is 0 Å². The van der Waals surface area contributed by atoms with E-state index in [9.17, 15) is 4.79 Å². The second-order valence-electron chi connectivity index (χ2n) is 7.42. The van der Waals surface area contributed by atoms with Gasteiger partial charge in [0.2, 0.25) is 5.91 Å². The zero-order valence-corrected chi connectivity index (χ0v) is 23.6. The Hall–Kier alpha value is -2.01. The Morgan fingerprint density at radius 1 is 1.11 bits per heavy atom. The Morgan fingerprint density at radius 2 is 1.86 bits per heavy atom. The van der Waals surface area contributed by atoms with Crippen LogP contribution in [-0.4, -0.2) is 31.4 Å². The Balaban J connectivity index is 1.38. The fourth-order valence-electron chi connectivity index (χ4n) is 3.25. The Bertz CT molecular complexity index is 1390. The van der Waals surface area contributed by atoms with E-state index in [1.165, 1.54) is 23.1 Å². The fourth-order valence-corrected chi connectivity index (χ4v) is 5.62. The minimum Gasteiger partial charge on any atom is -0.481 e. The largest absolute Gasteiger partial charge is 0.481 e. The van der Waals surface area contributed by atoms with Crippen molar-refractivity contribution in [2.24, 2.45) is 0 Å². The molecular weight excluding hydrogens is 584 g/mol. The van der Waals surface area contributed by atoms with Crippen molar-refractivity contribution in [2.45, 2.75) is 31.7 Å². The number of thiazole rings is 1. The third-order valence-corrected chi connectivity index (χ3v) is 7.73. The predicted molar refractivity (Wildman–Crippen MR) is 148 cm³/mol. The standard InChI is InChI=1S/C23H19Cl4N5O2S2/c1-3-32-21(12(2)34-19-9-14(25)5-7-16(19)26)30-31-23(32)36-11-20(33)29-22-28-18(10-35-22)15-6-4-13(24)8-17(15)27/h4-10,12H,3,11H2,1-2H3,(H,28,29,33). The average molecular weight is 603 g/mol. The third-order valence-electron chi connectivity index (χ3n) is 4.91. The number of nitrogens with zero attached hydrogens (tertiary/aromatic N) is 4. The van der Waals surface area contributed by atoms with Gasteiger partial charge in [0.1, 0.15) is 5.75 Å². The summed E-state index contributed by atoms with van der Waals surface area (Å²) in [5.41, 5.74) is 1.40. The molecule has 4 aromatic rings. The van der Waals surface area contributed by atoms with Crippen LogP contribution in [0.25, 0.3) is 11.3 Å². The third kappa shape index (κ3) is 6.45. The number of thioether (sulfide) groups is 1. The van der Waals surface area contributed by atoms with E-state index in [4.69, 9.17) is 51.1 Å². The topological polar surface area (TPSA) is 81.9 Å². The Morgan fingerprint density at radius 3 is 2.61 bits per heavy atom. The summed E-state index contributed by atoms with van der Waals surface area (Å²) in [6.07, 6.45) is -0.440. The summed E-state index contributed by atoms with van der Waals surface area (Å²) in [5, 5.41) is 16.2. The molecule has 13 heteroatoms. The van der Waals surface area contributed by atoms with Crippen LogP contribution < -0.4 is 10.1 Å². The first kappa shape index (κ1) is 27.0. The second-order valence-corrected chi connectivity index (χ2v) is 10.9. The molecule has 0 aliphatic rings. The number of hydrogen-bond donors (Lipinski definition) is 1. The molecule has 188 valence electrons. The normalized spacial score (nSPS) is 11.9. The first-order valence-corrected chi connectivity index (χ1v) is 14.0. The van der Waals surface area contributed by atoms with Gasteiger partial charge in [0.05, 0.1) is 21.5 Å². The molecule has 2 aromatic carbocycles. The maximum atomic E-state index is 12.6. The summed E-state index contributed by atoms with van der Waals surface area (Å²) >= 11 is 27.1. The number of aromatic nitrogens is 4. The highest BCUT2D eigenvalue weighted by Crippen LogP contribution is 2.33. The van der Waals surface area contributed by atoms with Crippen LogP contribution in [0, 0.1) is 0 Å². The second kappa shape index (κ2) is 12.0. The molecule has 0 spiro atoms. The predicted octanol–water partition coefficient (Wildman–Crippen LogP) is 7.91. The number of carbonyl (C=O) groups excluding carboxylic acids is 1. The van der Waals surface area contributed by atoms with Crippen LogP contribution in [0.1, 0.15) is 25.8 Å². The molecule has 0 saturated heterocycles. The van der Waals surface area contributed by atoms with Crippen LogP contribution in [-0.2, 0) is 11.3 Å². The van der Waals surface area contributed by atoms with Crippen molar-refractivity contribution in [3.8, 4) is 17.0 Å². The number of amides is 1. The molecule has 36 heavy (non-hydrogen) atoms. The molecule has 0 bridgehead atoms. The fraction of sp³-hybridized carbons (Fsp3) is 0.217. The summed E-state index contributed by atoms with van der Waals surface area (Å²) in [5.74, 6) is 0.981. The summed E-state index contributed by atoms with van der Waals surface area (Å²) in [6.45, 7) is 4.41. The van der Waals surface area contributed by atoms with Gasteiger partial charge in [-0.25, -0.2) is 4.98 Å².